The van der Waals surface area contributed by atoms with E-state index in [4.69, 9.17) is 19.9 Å². The van der Waals surface area contributed by atoms with Crippen molar-refractivity contribution in [3.63, 3.8) is 0 Å². The Morgan fingerprint density at radius 3 is 2.90 bits per heavy atom. The number of benzene rings is 1. The summed E-state index contributed by atoms with van der Waals surface area (Å²) in [6.45, 7) is -0.347. The van der Waals surface area contributed by atoms with Gasteiger partial charge >= 0.3 is 6.09 Å². The number of pyridine rings is 1. The van der Waals surface area contributed by atoms with E-state index in [9.17, 15) is 13.6 Å². The Balaban J connectivity index is 1.81. The van der Waals surface area contributed by atoms with Gasteiger partial charge in [-0.05, 0) is 33.6 Å². The number of alkyl halides is 2. The van der Waals surface area contributed by atoms with Gasteiger partial charge in [0.25, 0.3) is 12.3 Å². The van der Waals surface area contributed by atoms with E-state index in [1.807, 2.05) is 0 Å². The molecule has 1 aromatic carbocycles. The number of halogens is 3. The van der Waals surface area contributed by atoms with E-state index in [0.717, 1.165) is 0 Å². The Labute approximate surface area is 173 Å². The second-order valence-corrected chi connectivity index (χ2v) is 6.99. The van der Waals surface area contributed by atoms with E-state index < -0.39 is 18.1 Å². The van der Waals surface area contributed by atoms with Crippen LogP contribution in [0.4, 0.5) is 19.3 Å². The molecule has 1 amide bonds. The predicted octanol–water partition coefficient (Wildman–Crippen LogP) is 3.31. The molecule has 0 spiro atoms. The van der Waals surface area contributed by atoms with Crippen LogP contribution in [0.5, 0.6) is 11.6 Å². The minimum atomic E-state index is -2.86. The van der Waals surface area contributed by atoms with Gasteiger partial charge in [-0.1, -0.05) is 12.1 Å². The summed E-state index contributed by atoms with van der Waals surface area (Å²) in [5, 5.41) is 2.47. The molecule has 8 nitrogen and oxygen atoms in total. The average Bonchev–Trinajstić information content (AvgIpc) is 2.69. The number of hydrogen-bond acceptors (Lipinski definition) is 7. The summed E-state index contributed by atoms with van der Waals surface area (Å²) in [5.74, 6) is 0.165. The predicted molar refractivity (Wildman–Crippen MR) is 105 cm³/mol. The van der Waals surface area contributed by atoms with Crippen molar-refractivity contribution in [2.24, 2.45) is 10.7 Å². The van der Waals surface area contributed by atoms with Crippen molar-refractivity contribution in [2.45, 2.75) is 12.0 Å². The van der Waals surface area contributed by atoms with Gasteiger partial charge in [0.2, 0.25) is 0 Å². The fraction of sp³-hybridized carbons (Fsp3) is 0.278. The van der Waals surface area contributed by atoms with E-state index >= 15 is 0 Å². The molecule has 0 aliphatic carbocycles. The molecule has 154 valence electrons. The zero-order chi connectivity index (χ0) is 21.0. The molecule has 0 fully saturated rings. The Bertz CT molecular complexity index is 944. The molecule has 2 aromatic rings. The van der Waals surface area contributed by atoms with Crippen molar-refractivity contribution < 1.29 is 27.8 Å². The van der Waals surface area contributed by atoms with Crippen molar-refractivity contribution in [1.29, 1.82) is 0 Å². The van der Waals surface area contributed by atoms with Crippen LogP contribution in [0.2, 0.25) is 0 Å². The van der Waals surface area contributed by atoms with Crippen LogP contribution in [0.3, 0.4) is 0 Å². The first-order valence-electron chi connectivity index (χ1n) is 8.33. The van der Waals surface area contributed by atoms with Crippen LogP contribution in [-0.2, 0) is 10.3 Å². The van der Waals surface area contributed by atoms with E-state index in [1.54, 1.807) is 6.07 Å². The first-order valence-corrected chi connectivity index (χ1v) is 9.12. The highest BCUT2D eigenvalue weighted by atomic mass is 79.9. The molecule has 1 aromatic heterocycles. The highest BCUT2D eigenvalue weighted by Crippen LogP contribution is 2.36. The van der Waals surface area contributed by atoms with Gasteiger partial charge < -0.3 is 19.9 Å². The Hall–Kier alpha value is -2.79. The summed E-state index contributed by atoms with van der Waals surface area (Å²) in [4.78, 5) is 20.1. The molecule has 0 saturated carbocycles. The van der Waals surface area contributed by atoms with E-state index in [0.29, 0.717) is 4.47 Å². The van der Waals surface area contributed by atoms with Gasteiger partial charge in [-0.2, -0.15) is 0 Å². The van der Waals surface area contributed by atoms with Crippen LogP contribution in [0, 0.1) is 0 Å². The number of hydrogen-bond donors (Lipinski definition) is 2. The van der Waals surface area contributed by atoms with E-state index in [-0.39, 0.29) is 41.9 Å². The maximum atomic E-state index is 13.9. The van der Waals surface area contributed by atoms with Gasteiger partial charge in [0.05, 0.1) is 13.7 Å². The third kappa shape index (κ3) is 4.62. The number of methoxy groups -OCH3 is 1. The fourth-order valence-corrected chi connectivity index (χ4v) is 3.06. The van der Waals surface area contributed by atoms with Crippen molar-refractivity contribution in [1.82, 2.24) is 4.98 Å². The summed E-state index contributed by atoms with van der Waals surface area (Å²) in [6.07, 6.45) is -2.30. The smallest absolute Gasteiger partial charge is 0.418 e. The first-order chi connectivity index (χ1) is 13.8. The number of nitrogens with zero attached hydrogens (tertiary/aromatic N) is 2. The van der Waals surface area contributed by atoms with E-state index in [1.165, 1.54) is 37.6 Å². The lowest BCUT2D eigenvalue weighted by atomic mass is 9.90. The zero-order valence-corrected chi connectivity index (χ0v) is 16.8. The normalized spacial score (nSPS) is 18.9. The number of nitrogens with one attached hydrogen (secondary N) is 1. The molecule has 1 unspecified atom stereocenters. The number of carbonyl (C=O) groups excluding carboxylic acids is 1. The standard InChI is InChI=1S/C18H17BrF2N4O4/c1-27-13-6-11(19)7-23-15(13)29-17(26)24-12-4-2-3-10(5-12)18(16(20)21)9-28-8-14(22)25-18/h2-7,16H,8-9H2,1H3,(H2,22,25)(H,24,26). The van der Waals surface area contributed by atoms with Crippen LogP contribution < -0.4 is 20.5 Å². The molecule has 2 heterocycles. The molecule has 0 radical (unpaired) electrons. The molecule has 3 rings (SSSR count). The Morgan fingerprint density at radius 2 is 2.21 bits per heavy atom. The van der Waals surface area contributed by atoms with Gasteiger partial charge in [-0.3, -0.25) is 10.3 Å². The average molecular weight is 471 g/mol. The molecular formula is C18H17BrF2N4O4. The number of amides is 1. The van der Waals surface area contributed by atoms with E-state index in [2.05, 4.69) is 31.2 Å². The quantitative estimate of drug-likeness (QED) is 0.693. The largest absolute Gasteiger partial charge is 0.491 e. The number of aromatic nitrogens is 1. The lowest BCUT2D eigenvalue weighted by molar-refractivity contribution is -0.0129. The van der Waals surface area contributed by atoms with Crippen molar-refractivity contribution in [3.05, 3.63) is 46.6 Å². The molecule has 3 N–H and O–H groups in total. The van der Waals surface area contributed by atoms with Crippen molar-refractivity contribution in [3.8, 4) is 11.6 Å². The summed E-state index contributed by atoms with van der Waals surface area (Å²) in [7, 11) is 1.40. The second kappa shape index (κ2) is 8.70. The number of ether oxygens (including phenoxy) is 3. The third-order valence-corrected chi connectivity index (χ3v) is 4.51. The van der Waals surface area contributed by atoms with Crippen LogP contribution in [0.15, 0.2) is 46.0 Å². The summed E-state index contributed by atoms with van der Waals surface area (Å²) in [6, 6.07) is 7.44. The number of anilines is 1. The zero-order valence-electron chi connectivity index (χ0n) is 15.2. The highest BCUT2D eigenvalue weighted by molar-refractivity contribution is 9.10. The lowest BCUT2D eigenvalue weighted by Gasteiger charge is -2.33. The molecule has 1 atom stereocenters. The van der Waals surface area contributed by atoms with Gasteiger partial charge in [0, 0.05) is 22.4 Å². The third-order valence-electron chi connectivity index (χ3n) is 4.08. The number of amidine groups is 1. The maximum absolute atomic E-state index is 13.9. The number of aliphatic imine (C=N–C) groups is 1. The summed E-state index contributed by atoms with van der Waals surface area (Å²) >= 11 is 3.23. The van der Waals surface area contributed by atoms with Gasteiger partial charge in [0.15, 0.2) is 11.3 Å². The van der Waals surface area contributed by atoms with Crippen LogP contribution in [-0.4, -0.2) is 43.7 Å². The second-order valence-electron chi connectivity index (χ2n) is 6.08. The number of rotatable bonds is 5. The molecule has 29 heavy (non-hydrogen) atoms. The highest BCUT2D eigenvalue weighted by Gasteiger charge is 2.44. The Morgan fingerprint density at radius 1 is 1.41 bits per heavy atom. The molecule has 0 bridgehead atoms. The SMILES string of the molecule is COc1cc(Br)cnc1OC(=O)Nc1cccc(C2(C(F)F)COCC(N)=N2)c1. The van der Waals surface area contributed by atoms with Crippen molar-refractivity contribution >= 4 is 33.5 Å². The summed E-state index contributed by atoms with van der Waals surface area (Å²) < 4.78 is 43.8. The Kier molecular flexibility index (Phi) is 6.28. The number of carbonyl (C=O) groups is 1. The number of nitrogens with two attached hydrogens (primary N) is 1. The van der Waals surface area contributed by atoms with Crippen LogP contribution in [0.25, 0.3) is 0 Å². The topological polar surface area (TPSA) is 108 Å². The van der Waals surface area contributed by atoms with Gasteiger partial charge in [-0.15, -0.1) is 0 Å². The van der Waals surface area contributed by atoms with Crippen LogP contribution >= 0.6 is 15.9 Å². The molecule has 1 aliphatic heterocycles. The minimum absolute atomic E-state index is 0.0131. The van der Waals surface area contributed by atoms with Crippen LogP contribution in [0.1, 0.15) is 5.56 Å². The monoisotopic (exact) mass is 470 g/mol. The van der Waals surface area contributed by atoms with Gasteiger partial charge in [-0.25, -0.2) is 18.6 Å². The first kappa shape index (κ1) is 20.9. The molecule has 1 aliphatic rings. The summed E-state index contributed by atoms with van der Waals surface area (Å²) in [5.41, 5.74) is 4.03. The lowest BCUT2D eigenvalue weighted by Crippen LogP contribution is -2.44. The molecule has 11 heteroatoms. The fourth-order valence-electron chi connectivity index (χ4n) is 2.75. The minimum Gasteiger partial charge on any atom is -0.491 e. The van der Waals surface area contributed by atoms with Gasteiger partial charge in [0.1, 0.15) is 12.4 Å². The molecule has 0 saturated heterocycles. The maximum Gasteiger partial charge on any atom is 0.418 e. The van der Waals surface area contributed by atoms with Crippen molar-refractivity contribution in [2.75, 3.05) is 25.6 Å². The molecular weight excluding hydrogens is 454 g/mol.